The first-order valence-corrected chi connectivity index (χ1v) is 3.98. The van der Waals surface area contributed by atoms with Crippen LogP contribution >= 0.6 is 0 Å². The zero-order chi connectivity index (χ0) is 11.4. The third-order valence-corrected chi connectivity index (χ3v) is 1.69. The van der Waals surface area contributed by atoms with Crippen LogP contribution in [0.15, 0.2) is 12.7 Å². The molecule has 0 aliphatic carbocycles. The molecular formula is C8H13F3N2O. The number of hydrogen-bond acceptors (Lipinski definition) is 2. The predicted molar refractivity (Wildman–Crippen MR) is 46.5 cm³/mol. The summed E-state index contributed by atoms with van der Waals surface area (Å²) in [6.45, 7) is 4.10. The summed E-state index contributed by atoms with van der Waals surface area (Å²) in [5, 5.41) is 2.08. The lowest BCUT2D eigenvalue weighted by Crippen LogP contribution is -2.61. The third-order valence-electron chi connectivity index (χ3n) is 1.69. The molecule has 0 heterocycles. The molecular weight excluding hydrogens is 197 g/mol. The van der Waals surface area contributed by atoms with Gasteiger partial charge in [0.2, 0.25) is 5.91 Å². The minimum atomic E-state index is -4.74. The second kappa shape index (κ2) is 4.45. The molecule has 0 rings (SSSR count). The second-order valence-corrected chi connectivity index (χ2v) is 3.03. The molecule has 6 heteroatoms. The molecule has 0 saturated carbocycles. The number of rotatable bonds is 4. The molecule has 0 aliphatic rings. The quantitative estimate of drug-likeness (QED) is 0.536. The highest BCUT2D eigenvalue weighted by Crippen LogP contribution is 2.27. The Balaban J connectivity index is 4.29. The Morgan fingerprint density at radius 1 is 1.57 bits per heavy atom. The Morgan fingerprint density at radius 2 is 2.07 bits per heavy atom. The van der Waals surface area contributed by atoms with Crippen LogP contribution in [0.3, 0.4) is 0 Å². The topological polar surface area (TPSA) is 55.1 Å². The van der Waals surface area contributed by atoms with Crippen molar-refractivity contribution in [3.8, 4) is 0 Å². The number of amides is 1. The number of halogens is 3. The normalized spacial score (nSPS) is 15.8. The number of alkyl halides is 3. The smallest absolute Gasteiger partial charge is 0.354 e. The lowest BCUT2D eigenvalue weighted by Gasteiger charge is -2.25. The van der Waals surface area contributed by atoms with Gasteiger partial charge in [0.25, 0.3) is 0 Å². The van der Waals surface area contributed by atoms with E-state index < -0.39 is 17.6 Å². The lowest BCUT2D eigenvalue weighted by molar-refractivity contribution is -0.187. The molecule has 0 aromatic heterocycles. The van der Waals surface area contributed by atoms with Crippen molar-refractivity contribution in [3.05, 3.63) is 12.7 Å². The molecule has 0 aromatic rings. The van der Waals surface area contributed by atoms with Crippen LogP contribution in [0.4, 0.5) is 13.2 Å². The van der Waals surface area contributed by atoms with Gasteiger partial charge in [0.1, 0.15) is 0 Å². The zero-order valence-corrected chi connectivity index (χ0v) is 7.82. The van der Waals surface area contributed by atoms with Gasteiger partial charge in [0.15, 0.2) is 5.54 Å². The predicted octanol–water partition coefficient (Wildman–Crippen LogP) is 0.958. The molecule has 0 radical (unpaired) electrons. The van der Waals surface area contributed by atoms with Crippen LogP contribution in [-0.2, 0) is 4.79 Å². The van der Waals surface area contributed by atoms with Gasteiger partial charge in [-0.2, -0.15) is 13.2 Å². The van der Waals surface area contributed by atoms with Crippen LogP contribution in [0.5, 0.6) is 0 Å². The fourth-order valence-electron chi connectivity index (χ4n) is 0.600. The first-order chi connectivity index (χ1) is 6.23. The van der Waals surface area contributed by atoms with Gasteiger partial charge in [0, 0.05) is 6.54 Å². The van der Waals surface area contributed by atoms with Crippen molar-refractivity contribution in [1.82, 2.24) is 5.32 Å². The second-order valence-electron chi connectivity index (χ2n) is 3.03. The summed E-state index contributed by atoms with van der Waals surface area (Å²) >= 11 is 0. The van der Waals surface area contributed by atoms with Gasteiger partial charge in [0.05, 0.1) is 0 Å². The van der Waals surface area contributed by atoms with E-state index in [0.29, 0.717) is 13.3 Å². The van der Waals surface area contributed by atoms with Crippen LogP contribution in [-0.4, -0.2) is 24.2 Å². The van der Waals surface area contributed by atoms with E-state index >= 15 is 0 Å². The molecule has 0 saturated heterocycles. The summed E-state index contributed by atoms with van der Waals surface area (Å²) in [6, 6.07) is 0. The van der Waals surface area contributed by atoms with Crippen LogP contribution in [0.1, 0.15) is 13.3 Å². The molecule has 0 bridgehead atoms. The van der Waals surface area contributed by atoms with Gasteiger partial charge in [-0.15, -0.1) is 6.58 Å². The molecule has 14 heavy (non-hydrogen) atoms. The van der Waals surface area contributed by atoms with E-state index in [-0.39, 0.29) is 6.54 Å². The maximum atomic E-state index is 12.2. The number of nitrogens with one attached hydrogen (secondary N) is 1. The summed E-state index contributed by atoms with van der Waals surface area (Å²) in [5.74, 6) is -1.23. The fourth-order valence-corrected chi connectivity index (χ4v) is 0.600. The summed E-state index contributed by atoms with van der Waals surface area (Å²) in [6.07, 6.45) is -2.85. The molecule has 1 atom stereocenters. The van der Waals surface area contributed by atoms with Crippen molar-refractivity contribution >= 4 is 5.91 Å². The van der Waals surface area contributed by atoms with Crippen molar-refractivity contribution in [2.45, 2.75) is 25.1 Å². The summed E-state index contributed by atoms with van der Waals surface area (Å²) in [5.41, 5.74) is 2.02. The Labute approximate surface area is 80.2 Å². The summed E-state index contributed by atoms with van der Waals surface area (Å²) in [7, 11) is 0. The molecule has 1 unspecified atom stereocenters. The Kier molecular flexibility index (Phi) is 4.12. The molecule has 0 spiro atoms. The SMILES string of the molecule is C=CCCNC(=O)C(C)(N)C(F)(F)F. The monoisotopic (exact) mass is 210 g/mol. The van der Waals surface area contributed by atoms with E-state index in [0.717, 1.165) is 0 Å². The van der Waals surface area contributed by atoms with Gasteiger partial charge in [-0.05, 0) is 13.3 Å². The fraction of sp³-hybridized carbons (Fsp3) is 0.625. The minimum Gasteiger partial charge on any atom is -0.354 e. The van der Waals surface area contributed by atoms with E-state index in [1.165, 1.54) is 6.08 Å². The van der Waals surface area contributed by atoms with Gasteiger partial charge in [-0.3, -0.25) is 4.79 Å². The highest BCUT2D eigenvalue weighted by molar-refractivity contribution is 5.86. The third kappa shape index (κ3) is 3.02. The van der Waals surface area contributed by atoms with Crippen LogP contribution < -0.4 is 11.1 Å². The minimum absolute atomic E-state index is 0.102. The van der Waals surface area contributed by atoms with Crippen molar-refractivity contribution in [1.29, 1.82) is 0 Å². The van der Waals surface area contributed by atoms with Crippen molar-refractivity contribution in [2.75, 3.05) is 6.54 Å². The maximum Gasteiger partial charge on any atom is 0.415 e. The molecule has 0 fully saturated rings. The number of nitrogens with two attached hydrogens (primary N) is 1. The maximum absolute atomic E-state index is 12.2. The molecule has 0 aromatic carbocycles. The van der Waals surface area contributed by atoms with Gasteiger partial charge < -0.3 is 11.1 Å². The Bertz CT molecular complexity index is 223. The Morgan fingerprint density at radius 3 is 2.43 bits per heavy atom. The number of carbonyl (C=O) groups is 1. The van der Waals surface area contributed by atoms with Crippen molar-refractivity contribution in [2.24, 2.45) is 5.73 Å². The van der Waals surface area contributed by atoms with Crippen molar-refractivity contribution < 1.29 is 18.0 Å². The Hall–Kier alpha value is -1.04. The summed E-state index contributed by atoms with van der Waals surface area (Å²) in [4.78, 5) is 11.0. The van der Waals surface area contributed by atoms with Crippen LogP contribution in [0.25, 0.3) is 0 Å². The first-order valence-electron chi connectivity index (χ1n) is 3.98. The van der Waals surface area contributed by atoms with E-state index in [4.69, 9.17) is 5.73 Å². The van der Waals surface area contributed by atoms with E-state index in [9.17, 15) is 18.0 Å². The first kappa shape index (κ1) is 13.0. The summed E-state index contributed by atoms with van der Waals surface area (Å²) < 4.78 is 36.6. The number of hydrogen-bond donors (Lipinski definition) is 2. The van der Waals surface area contributed by atoms with E-state index in [1.54, 1.807) is 0 Å². The highest BCUT2D eigenvalue weighted by atomic mass is 19.4. The molecule has 3 N–H and O–H groups in total. The van der Waals surface area contributed by atoms with Crippen molar-refractivity contribution in [3.63, 3.8) is 0 Å². The van der Waals surface area contributed by atoms with Gasteiger partial charge >= 0.3 is 6.18 Å². The standard InChI is InChI=1S/C8H13F3N2O/c1-3-4-5-13-6(14)7(2,12)8(9,10)11/h3H,1,4-5,12H2,2H3,(H,13,14). The zero-order valence-electron chi connectivity index (χ0n) is 7.82. The van der Waals surface area contributed by atoms with Gasteiger partial charge in [-0.1, -0.05) is 6.08 Å². The largest absolute Gasteiger partial charge is 0.415 e. The van der Waals surface area contributed by atoms with Crippen LogP contribution in [0.2, 0.25) is 0 Å². The van der Waals surface area contributed by atoms with Gasteiger partial charge in [-0.25, -0.2) is 0 Å². The molecule has 82 valence electrons. The van der Waals surface area contributed by atoms with E-state index in [1.807, 2.05) is 0 Å². The average Bonchev–Trinajstić information content (AvgIpc) is 2.02. The molecule has 1 amide bonds. The van der Waals surface area contributed by atoms with E-state index in [2.05, 4.69) is 11.9 Å². The lowest BCUT2D eigenvalue weighted by atomic mass is 10.0. The molecule has 0 aliphatic heterocycles. The number of carbonyl (C=O) groups excluding carboxylic acids is 1. The average molecular weight is 210 g/mol. The van der Waals surface area contributed by atoms with Crippen LogP contribution in [0, 0.1) is 0 Å². The highest BCUT2D eigenvalue weighted by Gasteiger charge is 2.53. The molecule has 3 nitrogen and oxygen atoms in total.